The molecule has 1 aromatic heterocycles. The van der Waals surface area contributed by atoms with Crippen molar-refractivity contribution < 1.29 is 18.3 Å². The van der Waals surface area contributed by atoms with Gasteiger partial charge in [-0.15, -0.1) is 0 Å². The summed E-state index contributed by atoms with van der Waals surface area (Å²) in [4.78, 5) is 3.42. The number of aromatic nitrogens is 1. The van der Waals surface area contributed by atoms with Crippen LogP contribution in [0.3, 0.4) is 0 Å². The fraction of sp³-hybridized carbons (Fsp3) is 0.214. The zero-order valence-electron chi connectivity index (χ0n) is 10.2. The van der Waals surface area contributed by atoms with Crippen LogP contribution in [-0.4, -0.2) is 10.1 Å². The predicted octanol–water partition coefficient (Wildman–Crippen LogP) is 3.57. The Morgan fingerprint density at radius 3 is 2.37 bits per heavy atom. The summed E-state index contributed by atoms with van der Waals surface area (Å²) in [5.41, 5.74) is 2.07. The van der Waals surface area contributed by atoms with Gasteiger partial charge in [-0.3, -0.25) is 4.98 Å². The lowest BCUT2D eigenvalue weighted by atomic mass is 10.0. The van der Waals surface area contributed by atoms with Crippen LogP contribution >= 0.6 is 0 Å². The minimum atomic E-state index is -4.43. The van der Waals surface area contributed by atoms with Gasteiger partial charge in [0.15, 0.2) is 0 Å². The summed E-state index contributed by atoms with van der Waals surface area (Å²) in [6, 6.07) is 7.73. The first-order valence-electron chi connectivity index (χ1n) is 5.65. The van der Waals surface area contributed by atoms with Crippen molar-refractivity contribution in [3.63, 3.8) is 0 Å². The van der Waals surface area contributed by atoms with Crippen LogP contribution in [0.15, 0.2) is 36.5 Å². The van der Waals surface area contributed by atoms with Crippen LogP contribution < -0.4 is 0 Å². The van der Waals surface area contributed by atoms with E-state index in [1.54, 1.807) is 6.07 Å². The maximum Gasteiger partial charge on any atom is 0.433 e. The van der Waals surface area contributed by atoms with Crippen molar-refractivity contribution in [1.82, 2.24) is 4.98 Å². The zero-order chi connectivity index (χ0) is 14.0. The fourth-order valence-corrected chi connectivity index (χ4v) is 1.85. The number of nitrogens with zero attached hydrogens (tertiary/aromatic N) is 1. The second-order valence-electron chi connectivity index (χ2n) is 4.30. The molecule has 0 aliphatic rings. The number of rotatable bonds is 2. The molecule has 0 saturated heterocycles. The maximum atomic E-state index is 12.4. The van der Waals surface area contributed by atoms with E-state index >= 15 is 0 Å². The van der Waals surface area contributed by atoms with Gasteiger partial charge in [0.2, 0.25) is 0 Å². The Labute approximate surface area is 108 Å². The van der Waals surface area contributed by atoms with Gasteiger partial charge in [-0.2, -0.15) is 13.2 Å². The molecule has 19 heavy (non-hydrogen) atoms. The summed E-state index contributed by atoms with van der Waals surface area (Å²) in [6.45, 7) is 1.75. The summed E-state index contributed by atoms with van der Waals surface area (Å²) in [6.07, 6.45) is -3.24. The first kappa shape index (κ1) is 13.5. The van der Waals surface area contributed by atoms with Crippen LogP contribution in [0.25, 0.3) is 11.1 Å². The van der Waals surface area contributed by atoms with E-state index in [0.717, 1.165) is 22.8 Å². The number of aliphatic hydroxyl groups excluding tert-OH is 1. The Kier molecular flexibility index (Phi) is 3.57. The number of hydrogen-bond acceptors (Lipinski definition) is 2. The van der Waals surface area contributed by atoms with E-state index in [1.807, 2.05) is 19.1 Å². The van der Waals surface area contributed by atoms with Crippen molar-refractivity contribution in [3.05, 3.63) is 53.3 Å². The number of aliphatic hydroxyl groups is 1. The monoisotopic (exact) mass is 267 g/mol. The van der Waals surface area contributed by atoms with E-state index in [1.165, 1.54) is 12.3 Å². The van der Waals surface area contributed by atoms with Crippen molar-refractivity contribution in [3.8, 4) is 11.1 Å². The summed E-state index contributed by atoms with van der Waals surface area (Å²) >= 11 is 0. The van der Waals surface area contributed by atoms with Gasteiger partial charge in [0.05, 0.1) is 6.61 Å². The van der Waals surface area contributed by atoms with Crippen LogP contribution in [0.2, 0.25) is 0 Å². The highest BCUT2D eigenvalue weighted by Crippen LogP contribution is 2.29. The average Bonchev–Trinajstić information content (AvgIpc) is 2.37. The largest absolute Gasteiger partial charge is 0.433 e. The lowest BCUT2D eigenvalue weighted by Crippen LogP contribution is -2.07. The van der Waals surface area contributed by atoms with Crippen LogP contribution in [0.5, 0.6) is 0 Å². The molecule has 1 N–H and O–H groups in total. The summed E-state index contributed by atoms with van der Waals surface area (Å²) in [5.74, 6) is 0. The average molecular weight is 267 g/mol. The number of benzene rings is 1. The number of hydrogen-bond donors (Lipinski definition) is 1. The SMILES string of the molecule is Cc1cc(CO)cc(-c2ccc(C(F)(F)F)nc2)c1. The second kappa shape index (κ2) is 5.01. The molecule has 0 bridgehead atoms. The topological polar surface area (TPSA) is 33.1 Å². The number of alkyl halides is 3. The molecule has 100 valence electrons. The Morgan fingerprint density at radius 1 is 1.11 bits per heavy atom. The van der Waals surface area contributed by atoms with E-state index in [2.05, 4.69) is 4.98 Å². The molecule has 0 radical (unpaired) electrons. The molecule has 2 rings (SSSR count). The molecule has 0 amide bonds. The predicted molar refractivity (Wildman–Crippen MR) is 65.3 cm³/mol. The second-order valence-corrected chi connectivity index (χ2v) is 4.30. The lowest BCUT2D eigenvalue weighted by Gasteiger charge is -2.08. The normalized spacial score (nSPS) is 11.6. The summed E-state index contributed by atoms with van der Waals surface area (Å²) in [5, 5.41) is 9.12. The van der Waals surface area contributed by atoms with Crippen molar-refractivity contribution in [2.75, 3.05) is 0 Å². The number of halogens is 3. The molecule has 0 unspecified atom stereocenters. The quantitative estimate of drug-likeness (QED) is 0.902. The molecule has 0 spiro atoms. The van der Waals surface area contributed by atoms with Gasteiger partial charge in [-0.25, -0.2) is 0 Å². The number of aryl methyl sites for hydroxylation is 1. The number of pyridine rings is 1. The third kappa shape index (κ3) is 3.12. The lowest BCUT2D eigenvalue weighted by molar-refractivity contribution is -0.141. The van der Waals surface area contributed by atoms with Crippen LogP contribution in [0.4, 0.5) is 13.2 Å². The molecule has 1 heterocycles. The van der Waals surface area contributed by atoms with Crippen molar-refractivity contribution in [2.24, 2.45) is 0 Å². The van der Waals surface area contributed by atoms with Gasteiger partial charge in [-0.05, 0) is 30.2 Å². The van der Waals surface area contributed by atoms with E-state index in [-0.39, 0.29) is 6.61 Å². The highest BCUT2D eigenvalue weighted by atomic mass is 19.4. The smallest absolute Gasteiger partial charge is 0.392 e. The van der Waals surface area contributed by atoms with E-state index in [9.17, 15) is 13.2 Å². The van der Waals surface area contributed by atoms with Crippen LogP contribution in [0, 0.1) is 6.92 Å². The van der Waals surface area contributed by atoms with Crippen molar-refractivity contribution in [2.45, 2.75) is 19.7 Å². The molecule has 0 fully saturated rings. The van der Waals surface area contributed by atoms with Crippen LogP contribution in [0.1, 0.15) is 16.8 Å². The molecule has 1 aromatic carbocycles. The van der Waals surface area contributed by atoms with Gasteiger partial charge in [-0.1, -0.05) is 23.8 Å². The molecule has 2 nitrogen and oxygen atoms in total. The summed E-state index contributed by atoms with van der Waals surface area (Å²) in [7, 11) is 0. The molecule has 5 heteroatoms. The van der Waals surface area contributed by atoms with E-state index < -0.39 is 11.9 Å². The highest BCUT2D eigenvalue weighted by molar-refractivity contribution is 5.64. The minimum absolute atomic E-state index is 0.108. The standard InChI is InChI=1S/C14H12F3NO/c1-9-4-10(8-19)6-12(5-9)11-2-3-13(18-7-11)14(15,16)17/h2-7,19H,8H2,1H3. The Bertz CT molecular complexity index is 576. The van der Waals surface area contributed by atoms with Gasteiger partial charge in [0, 0.05) is 11.8 Å². The van der Waals surface area contributed by atoms with Gasteiger partial charge in [0.25, 0.3) is 0 Å². The van der Waals surface area contributed by atoms with E-state index in [0.29, 0.717) is 5.56 Å². The molecule has 0 atom stereocenters. The van der Waals surface area contributed by atoms with Gasteiger partial charge >= 0.3 is 6.18 Å². The first-order valence-corrected chi connectivity index (χ1v) is 5.65. The van der Waals surface area contributed by atoms with Crippen molar-refractivity contribution in [1.29, 1.82) is 0 Å². The van der Waals surface area contributed by atoms with Crippen LogP contribution in [-0.2, 0) is 12.8 Å². The molecular formula is C14H12F3NO. The molecule has 0 aliphatic heterocycles. The molecule has 2 aromatic rings. The minimum Gasteiger partial charge on any atom is -0.392 e. The van der Waals surface area contributed by atoms with Gasteiger partial charge < -0.3 is 5.11 Å². The van der Waals surface area contributed by atoms with E-state index in [4.69, 9.17) is 5.11 Å². The summed E-state index contributed by atoms with van der Waals surface area (Å²) < 4.78 is 37.2. The Morgan fingerprint density at radius 2 is 1.84 bits per heavy atom. The first-order chi connectivity index (χ1) is 8.90. The Balaban J connectivity index is 2.40. The Hall–Kier alpha value is -1.88. The third-order valence-electron chi connectivity index (χ3n) is 2.71. The van der Waals surface area contributed by atoms with Crippen molar-refractivity contribution >= 4 is 0 Å². The highest BCUT2D eigenvalue weighted by Gasteiger charge is 2.32. The fourth-order valence-electron chi connectivity index (χ4n) is 1.85. The molecular weight excluding hydrogens is 255 g/mol. The zero-order valence-corrected chi connectivity index (χ0v) is 10.2. The molecule has 0 aliphatic carbocycles. The maximum absolute atomic E-state index is 12.4. The third-order valence-corrected chi connectivity index (χ3v) is 2.71. The van der Waals surface area contributed by atoms with Gasteiger partial charge in [0.1, 0.15) is 5.69 Å². The molecule has 0 saturated carbocycles.